The van der Waals surface area contributed by atoms with E-state index in [1.807, 2.05) is 0 Å². The largest absolute Gasteiger partial charge is 0.490 e. The van der Waals surface area contributed by atoms with Crippen LogP contribution in [0.4, 0.5) is 13.2 Å². The second-order valence-corrected chi connectivity index (χ2v) is 3.47. The van der Waals surface area contributed by atoms with Crippen LogP contribution in [0.1, 0.15) is 16.5 Å². The molecule has 1 aromatic rings. The van der Waals surface area contributed by atoms with Crippen molar-refractivity contribution in [2.24, 2.45) is 0 Å². The van der Waals surface area contributed by atoms with Gasteiger partial charge in [0.2, 0.25) is 0 Å². The Morgan fingerprint density at radius 2 is 1.89 bits per heavy atom. The standard InChI is InChI=1S/C6H8N4O2.C2HF3O2/c11-6(12)5-3-8-10(9-5)4-1-7-2-4;3-2(4,5)1(6)7/h3-4,7H,1-2H2,(H,11,12);(H,6,7). The fourth-order valence-corrected chi connectivity index (χ4v) is 0.987. The van der Waals surface area contributed by atoms with Crippen LogP contribution in [0, 0.1) is 0 Å². The Labute approximate surface area is 103 Å². The third kappa shape index (κ3) is 4.21. The molecule has 2 rings (SSSR count). The monoisotopic (exact) mass is 282 g/mol. The van der Waals surface area contributed by atoms with Gasteiger partial charge in [-0.05, 0) is 0 Å². The molecule has 1 aliphatic rings. The van der Waals surface area contributed by atoms with Crippen molar-refractivity contribution >= 4 is 11.9 Å². The zero-order valence-electron chi connectivity index (χ0n) is 9.26. The molecule has 0 saturated carbocycles. The second kappa shape index (κ2) is 5.65. The lowest BCUT2D eigenvalue weighted by atomic mass is 10.2. The van der Waals surface area contributed by atoms with Gasteiger partial charge < -0.3 is 15.5 Å². The van der Waals surface area contributed by atoms with Gasteiger partial charge in [0, 0.05) is 13.1 Å². The van der Waals surface area contributed by atoms with Gasteiger partial charge in [0.05, 0.1) is 12.2 Å². The van der Waals surface area contributed by atoms with Crippen LogP contribution in [-0.2, 0) is 4.79 Å². The molecule has 1 fully saturated rings. The number of hydrogen-bond donors (Lipinski definition) is 3. The molecular formula is C8H9F3N4O4. The molecule has 0 amide bonds. The van der Waals surface area contributed by atoms with Gasteiger partial charge in [0.1, 0.15) is 0 Å². The van der Waals surface area contributed by atoms with Gasteiger partial charge in [-0.1, -0.05) is 0 Å². The minimum atomic E-state index is -5.08. The highest BCUT2D eigenvalue weighted by Gasteiger charge is 2.38. The molecule has 19 heavy (non-hydrogen) atoms. The maximum Gasteiger partial charge on any atom is 0.490 e. The van der Waals surface area contributed by atoms with E-state index in [4.69, 9.17) is 15.0 Å². The molecule has 0 unspecified atom stereocenters. The molecule has 0 atom stereocenters. The lowest BCUT2D eigenvalue weighted by Crippen LogP contribution is -2.44. The van der Waals surface area contributed by atoms with Crippen LogP contribution in [0.3, 0.4) is 0 Å². The van der Waals surface area contributed by atoms with E-state index in [-0.39, 0.29) is 11.7 Å². The van der Waals surface area contributed by atoms with Crippen LogP contribution in [0.2, 0.25) is 0 Å². The van der Waals surface area contributed by atoms with Crippen molar-refractivity contribution in [3.8, 4) is 0 Å². The molecule has 3 N–H and O–H groups in total. The van der Waals surface area contributed by atoms with Gasteiger partial charge in [0.25, 0.3) is 0 Å². The summed E-state index contributed by atoms with van der Waals surface area (Å²) in [5.41, 5.74) is 0.00176. The number of halogens is 3. The number of nitrogens with one attached hydrogen (secondary N) is 1. The summed E-state index contributed by atoms with van der Waals surface area (Å²) in [6, 6.07) is 0.220. The van der Waals surface area contributed by atoms with E-state index >= 15 is 0 Å². The summed E-state index contributed by atoms with van der Waals surface area (Å²) in [7, 11) is 0. The van der Waals surface area contributed by atoms with Crippen molar-refractivity contribution in [2.45, 2.75) is 12.2 Å². The Bertz CT molecular complexity index is 469. The summed E-state index contributed by atoms with van der Waals surface area (Å²) < 4.78 is 31.7. The normalized spacial score (nSPS) is 15.1. The first kappa shape index (κ1) is 14.9. The minimum absolute atomic E-state index is 0.00176. The van der Waals surface area contributed by atoms with E-state index in [1.54, 1.807) is 0 Å². The van der Waals surface area contributed by atoms with E-state index in [2.05, 4.69) is 15.5 Å². The molecule has 2 heterocycles. The first-order valence-corrected chi connectivity index (χ1v) is 4.87. The summed E-state index contributed by atoms with van der Waals surface area (Å²) in [5, 5.41) is 26.4. The summed E-state index contributed by atoms with van der Waals surface area (Å²) in [4.78, 5) is 20.8. The van der Waals surface area contributed by atoms with Crippen molar-refractivity contribution in [1.29, 1.82) is 0 Å². The average Bonchev–Trinajstić information content (AvgIpc) is 2.63. The highest BCUT2D eigenvalue weighted by atomic mass is 19.4. The molecule has 1 aliphatic heterocycles. The zero-order chi connectivity index (χ0) is 14.6. The molecule has 0 bridgehead atoms. The van der Waals surface area contributed by atoms with Crippen LogP contribution < -0.4 is 5.32 Å². The van der Waals surface area contributed by atoms with Gasteiger partial charge in [-0.15, -0.1) is 5.10 Å². The second-order valence-electron chi connectivity index (χ2n) is 3.47. The first-order valence-electron chi connectivity index (χ1n) is 4.87. The minimum Gasteiger partial charge on any atom is -0.476 e. The lowest BCUT2D eigenvalue weighted by Gasteiger charge is -2.25. The van der Waals surface area contributed by atoms with Crippen LogP contribution >= 0.6 is 0 Å². The Balaban J connectivity index is 0.000000224. The third-order valence-electron chi connectivity index (χ3n) is 2.06. The lowest BCUT2D eigenvalue weighted by molar-refractivity contribution is -0.192. The van der Waals surface area contributed by atoms with Gasteiger partial charge in [0.15, 0.2) is 5.69 Å². The quantitative estimate of drug-likeness (QED) is 0.684. The maximum atomic E-state index is 10.6. The molecule has 8 nitrogen and oxygen atoms in total. The van der Waals surface area contributed by atoms with Gasteiger partial charge in [-0.2, -0.15) is 23.1 Å². The molecular weight excluding hydrogens is 273 g/mol. The predicted molar refractivity (Wildman–Crippen MR) is 52.6 cm³/mol. The predicted octanol–water partition coefficient (Wildman–Crippen LogP) is -0.246. The average molecular weight is 282 g/mol. The van der Waals surface area contributed by atoms with Crippen molar-refractivity contribution in [3.63, 3.8) is 0 Å². The van der Waals surface area contributed by atoms with E-state index in [0.717, 1.165) is 13.1 Å². The number of aromatic nitrogens is 3. The number of alkyl halides is 3. The fourth-order valence-electron chi connectivity index (χ4n) is 0.987. The first-order chi connectivity index (χ1) is 8.71. The van der Waals surface area contributed by atoms with Crippen LogP contribution in [-0.4, -0.2) is 56.4 Å². The Hall–Kier alpha value is -2.17. The number of carboxylic acid groups (broad SMARTS) is 2. The fraction of sp³-hybridized carbons (Fsp3) is 0.500. The van der Waals surface area contributed by atoms with Crippen molar-refractivity contribution in [1.82, 2.24) is 20.3 Å². The molecule has 0 aromatic carbocycles. The molecule has 106 valence electrons. The number of rotatable bonds is 2. The smallest absolute Gasteiger partial charge is 0.476 e. The molecule has 1 saturated heterocycles. The Morgan fingerprint density at radius 3 is 2.16 bits per heavy atom. The number of hydrogen-bond acceptors (Lipinski definition) is 5. The third-order valence-corrected chi connectivity index (χ3v) is 2.06. The summed E-state index contributed by atoms with van der Waals surface area (Å²) in [5.74, 6) is -3.79. The molecule has 0 aliphatic carbocycles. The molecule has 1 aromatic heterocycles. The molecule has 11 heteroatoms. The van der Waals surface area contributed by atoms with Gasteiger partial charge >= 0.3 is 18.1 Å². The Morgan fingerprint density at radius 1 is 1.37 bits per heavy atom. The SMILES string of the molecule is O=C(O)C(F)(F)F.O=C(O)c1cnn(C2CNC2)n1. The van der Waals surface area contributed by atoms with E-state index < -0.39 is 18.1 Å². The number of carboxylic acids is 2. The maximum absolute atomic E-state index is 10.6. The van der Waals surface area contributed by atoms with Crippen LogP contribution in [0.5, 0.6) is 0 Å². The topological polar surface area (TPSA) is 117 Å². The van der Waals surface area contributed by atoms with Crippen LogP contribution in [0.15, 0.2) is 6.20 Å². The van der Waals surface area contributed by atoms with E-state index in [0.29, 0.717) is 0 Å². The summed E-state index contributed by atoms with van der Waals surface area (Å²) in [6.45, 7) is 1.63. The number of nitrogens with zero attached hydrogens (tertiary/aromatic N) is 3. The number of carbonyl (C=O) groups is 2. The van der Waals surface area contributed by atoms with E-state index in [1.165, 1.54) is 11.0 Å². The van der Waals surface area contributed by atoms with Gasteiger partial charge in [-0.3, -0.25) is 0 Å². The van der Waals surface area contributed by atoms with Crippen LogP contribution in [0.25, 0.3) is 0 Å². The van der Waals surface area contributed by atoms with Gasteiger partial charge in [-0.25, -0.2) is 9.59 Å². The van der Waals surface area contributed by atoms with Crippen molar-refractivity contribution < 1.29 is 33.0 Å². The van der Waals surface area contributed by atoms with Crippen molar-refractivity contribution in [3.05, 3.63) is 11.9 Å². The summed E-state index contributed by atoms with van der Waals surface area (Å²) in [6.07, 6.45) is -3.82. The molecule has 0 radical (unpaired) electrons. The number of aliphatic carboxylic acids is 1. The zero-order valence-corrected chi connectivity index (χ0v) is 9.26. The summed E-state index contributed by atoms with van der Waals surface area (Å²) >= 11 is 0. The van der Waals surface area contributed by atoms with E-state index in [9.17, 15) is 18.0 Å². The molecule has 0 spiro atoms. The highest BCUT2D eigenvalue weighted by Crippen LogP contribution is 2.13. The Kier molecular flexibility index (Phi) is 4.43. The number of aromatic carboxylic acids is 1. The van der Waals surface area contributed by atoms with Crippen molar-refractivity contribution in [2.75, 3.05) is 13.1 Å². The highest BCUT2D eigenvalue weighted by molar-refractivity contribution is 5.84.